The monoisotopic (exact) mass is 486 g/mol. The number of anilines is 1. The number of carbonyl (C=O) groups is 1. The van der Waals surface area contributed by atoms with Crippen molar-refractivity contribution in [3.8, 4) is 0 Å². The molecule has 1 saturated heterocycles. The molecule has 32 heavy (non-hydrogen) atoms. The van der Waals surface area contributed by atoms with E-state index < -0.39 is 16.1 Å². The number of nitrogens with zero attached hydrogens (tertiary/aromatic N) is 2. The summed E-state index contributed by atoms with van der Waals surface area (Å²) in [7, 11) is -3.83. The topological polar surface area (TPSA) is 105 Å². The van der Waals surface area contributed by atoms with E-state index in [9.17, 15) is 13.2 Å². The maximum Gasteiger partial charge on any atom is 0.250 e. The van der Waals surface area contributed by atoms with E-state index in [1.807, 2.05) is 24.3 Å². The molecule has 1 amide bonds. The zero-order valence-corrected chi connectivity index (χ0v) is 19.2. The summed E-state index contributed by atoms with van der Waals surface area (Å²) in [6.07, 6.45) is 0.410. The van der Waals surface area contributed by atoms with Crippen molar-refractivity contribution in [2.45, 2.75) is 23.2 Å². The molecule has 0 spiro atoms. The molecule has 4 aromatic rings. The molecule has 0 radical (unpaired) electrons. The number of thiophene rings is 1. The summed E-state index contributed by atoms with van der Waals surface area (Å²) in [4.78, 5) is 18.9. The molecule has 7 nitrogen and oxygen atoms in total. The van der Waals surface area contributed by atoms with Gasteiger partial charge in [0.25, 0.3) is 10.0 Å². The molecule has 1 unspecified atom stereocenters. The second-order valence-corrected chi connectivity index (χ2v) is 11.2. The highest BCUT2D eigenvalue weighted by Gasteiger charge is 2.35. The van der Waals surface area contributed by atoms with Gasteiger partial charge in [-0.15, -0.1) is 11.3 Å². The van der Waals surface area contributed by atoms with E-state index in [1.54, 1.807) is 35.2 Å². The average molecular weight is 487 g/mol. The van der Waals surface area contributed by atoms with Crippen LogP contribution in [0.3, 0.4) is 0 Å². The lowest BCUT2D eigenvalue weighted by Gasteiger charge is -2.17. The van der Waals surface area contributed by atoms with Gasteiger partial charge < -0.3 is 10.6 Å². The third-order valence-corrected chi connectivity index (χ3v) is 8.75. The largest absolute Gasteiger partial charge is 0.384 e. The highest BCUT2D eigenvalue weighted by molar-refractivity contribution is 7.91. The molecule has 1 aliphatic rings. The predicted molar refractivity (Wildman–Crippen MR) is 127 cm³/mol. The van der Waals surface area contributed by atoms with E-state index in [4.69, 9.17) is 17.3 Å². The first-order valence-electron chi connectivity index (χ1n) is 9.94. The van der Waals surface area contributed by atoms with Gasteiger partial charge in [0.15, 0.2) is 0 Å². The molecule has 2 aromatic heterocycles. The number of hydrogen-bond donors (Lipinski definition) is 2. The van der Waals surface area contributed by atoms with Crippen molar-refractivity contribution in [1.29, 1.82) is 0 Å². The number of pyridine rings is 1. The Balaban J connectivity index is 1.31. The smallest absolute Gasteiger partial charge is 0.250 e. The Morgan fingerprint density at radius 3 is 2.75 bits per heavy atom. The minimum atomic E-state index is -3.83. The summed E-state index contributed by atoms with van der Waals surface area (Å²) in [5, 5.41) is 2.31. The minimum absolute atomic E-state index is 0.166. The number of likely N-dealkylation sites (tertiary alicyclic amines) is 1. The molecule has 1 atom stereocenters. The van der Waals surface area contributed by atoms with Gasteiger partial charge in [-0.2, -0.15) is 4.72 Å². The van der Waals surface area contributed by atoms with Crippen LogP contribution in [0.5, 0.6) is 0 Å². The number of nitrogen functional groups attached to an aromatic ring is 1. The number of sulfonamides is 1. The van der Waals surface area contributed by atoms with Crippen LogP contribution in [0.1, 0.15) is 12.0 Å². The van der Waals surface area contributed by atoms with Gasteiger partial charge in [-0.25, -0.2) is 13.4 Å². The number of fused-ring (bicyclic) bond motifs is 2. The molecule has 10 heteroatoms. The molecule has 3 N–H and O–H groups in total. The molecule has 2 aromatic carbocycles. The first-order valence-corrected chi connectivity index (χ1v) is 12.6. The van der Waals surface area contributed by atoms with Crippen LogP contribution in [0.25, 0.3) is 21.0 Å². The van der Waals surface area contributed by atoms with Crippen LogP contribution in [0.15, 0.2) is 58.8 Å². The van der Waals surface area contributed by atoms with Gasteiger partial charge in [-0.1, -0.05) is 29.8 Å². The fourth-order valence-corrected chi connectivity index (χ4v) is 6.78. The summed E-state index contributed by atoms with van der Waals surface area (Å²) in [6.45, 7) is 0.849. The SMILES string of the molecule is Nc1ccc2ccc(CN3CCC(NS(=O)(=O)c4cc5ccc(Cl)cc5s4)C3=O)cc2n1. The Labute approximate surface area is 193 Å². The fraction of sp³-hybridized carbons (Fsp3) is 0.182. The Morgan fingerprint density at radius 1 is 1.12 bits per heavy atom. The molecule has 3 heterocycles. The van der Waals surface area contributed by atoms with Crippen LogP contribution in [-0.2, 0) is 21.4 Å². The van der Waals surface area contributed by atoms with Crippen molar-refractivity contribution in [3.63, 3.8) is 0 Å². The number of nitrogens with one attached hydrogen (secondary N) is 1. The quantitative estimate of drug-likeness (QED) is 0.446. The van der Waals surface area contributed by atoms with Crippen molar-refractivity contribution in [3.05, 3.63) is 65.2 Å². The number of aromatic nitrogens is 1. The van der Waals surface area contributed by atoms with Crippen LogP contribution in [0, 0.1) is 0 Å². The Kier molecular flexibility index (Phi) is 5.29. The number of benzene rings is 2. The summed E-state index contributed by atoms with van der Waals surface area (Å²) >= 11 is 7.13. The lowest BCUT2D eigenvalue weighted by Crippen LogP contribution is -2.41. The van der Waals surface area contributed by atoms with Crippen LogP contribution < -0.4 is 10.5 Å². The normalized spacial score (nSPS) is 17.0. The van der Waals surface area contributed by atoms with Crippen LogP contribution >= 0.6 is 22.9 Å². The van der Waals surface area contributed by atoms with E-state index in [2.05, 4.69) is 9.71 Å². The Bertz CT molecular complexity index is 1470. The van der Waals surface area contributed by atoms with Crippen molar-refractivity contribution in [2.75, 3.05) is 12.3 Å². The van der Waals surface area contributed by atoms with Gasteiger partial charge in [-0.3, -0.25) is 4.79 Å². The maximum atomic E-state index is 12.9. The molecular weight excluding hydrogens is 468 g/mol. The van der Waals surface area contributed by atoms with E-state index in [1.165, 1.54) is 0 Å². The standard InChI is InChI=1S/C22H19ClN4O3S2/c23-16-5-3-15-10-21(31-19(15)11-16)32(29,30)26-17-7-8-27(22(17)28)12-13-1-2-14-4-6-20(24)25-18(14)9-13/h1-6,9-11,17,26H,7-8,12H2,(H2,24,25). The molecule has 5 rings (SSSR count). The number of halogens is 1. The van der Waals surface area contributed by atoms with E-state index in [0.717, 1.165) is 37.9 Å². The number of carbonyl (C=O) groups excluding carboxylic acids is 1. The molecule has 0 aliphatic carbocycles. The first kappa shape index (κ1) is 21.1. The summed E-state index contributed by atoms with van der Waals surface area (Å²) in [6, 6.07) is 15.5. The van der Waals surface area contributed by atoms with Gasteiger partial charge in [0.1, 0.15) is 16.1 Å². The van der Waals surface area contributed by atoms with Gasteiger partial charge in [0, 0.05) is 28.2 Å². The lowest BCUT2D eigenvalue weighted by atomic mass is 10.1. The highest BCUT2D eigenvalue weighted by Crippen LogP contribution is 2.31. The lowest BCUT2D eigenvalue weighted by molar-refractivity contribution is -0.129. The molecule has 164 valence electrons. The molecule has 0 bridgehead atoms. The maximum absolute atomic E-state index is 12.9. The van der Waals surface area contributed by atoms with Crippen LogP contribution in [0.2, 0.25) is 5.02 Å². The number of amides is 1. The van der Waals surface area contributed by atoms with Crippen LogP contribution in [0.4, 0.5) is 5.82 Å². The summed E-state index contributed by atoms with van der Waals surface area (Å²) < 4.78 is 29.3. The Morgan fingerprint density at radius 2 is 1.91 bits per heavy atom. The van der Waals surface area contributed by atoms with Gasteiger partial charge in [-0.05, 0) is 53.8 Å². The number of rotatable bonds is 5. The third-order valence-electron chi connectivity index (χ3n) is 5.47. The average Bonchev–Trinajstić information content (AvgIpc) is 3.32. The highest BCUT2D eigenvalue weighted by atomic mass is 35.5. The third kappa shape index (κ3) is 4.04. The molecule has 1 aliphatic heterocycles. The molecule has 1 fully saturated rings. The second kappa shape index (κ2) is 8.00. The van der Waals surface area contributed by atoms with E-state index >= 15 is 0 Å². The Hall–Kier alpha value is -2.72. The zero-order chi connectivity index (χ0) is 22.5. The molecular formula is C22H19ClN4O3S2. The number of nitrogens with two attached hydrogens (primary N) is 1. The van der Waals surface area contributed by atoms with Crippen molar-refractivity contribution >= 4 is 65.7 Å². The van der Waals surface area contributed by atoms with Gasteiger partial charge >= 0.3 is 0 Å². The second-order valence-electron chi connectivity index (χ2n) is 7.73. The van der Waals surface area contributed by atoms with Crippen molar-refractivity contribution in [1.82, 2.24) is 14.6 Å². The van der Waals surface area contributed by atoms with Gasteiger partial charge in [0.05, 0.1) is 5.52 Å². The van der Waals surface area contributed by atoms with E-state index in [-0.39, 0.29) is 10.1 Å². The molecule has 0 saturated carbocycles. The van der Waals surface area contributed by atoms with Crippen LogP contribution in [-0.4, -0.2) is 36.8 Å². The van der Waals surface area contributed by atoms with Crippen molar-refractivity contribution < 1.29 is 13.2 Å². The first-order chi connectivity index (χ1) is 15.3. The zero-order valence-electron chi connectivity index (χ0n) is 16.8. The minimum Gasteiger partial charge on any atom is -0.384 e. The summed E-state index contributed by atoms with van der Waals surface area (Å²) in [5.41, 5.74) is 7.44. The summed E-state index contributed by atoms with van der Waals surface area (Å²) in [5.74, 6) is 0.197. The number of hydrogen-bond acceptors (Lipinski definition) is 6. The predicted octanol–water partition coefficient (Wildman–Crippen LogP) is 3.76. The van der Waals surface area contributed by atoms with Gasteiger partial charge in [0.2, 0.25) is 5.91 Å². The fourth-order valence-electron chi connectivity index (χ4n) is 3.86. The van der Waals surface area contributed by atoms with E-state index in [0.29, 0.717) is 30.4 Å². The van der Waals surface area contributed by atoms with Crippen molar-refractivity contribution in [2.24, 2.45) is 0 Å².